The highest BCUT2D eigenvalue weighted by Crippen LogP contribution is 2.25. The summed E-state index contributed by atoms with van der Waals surface area (Å²) >= 11 is 8.36. The minimum Gasteiger partial charge on any atom is -0.295 e. The van der Waals surface area contributed by atoms with Crippen LogP contribution in [0.2, 0.25) is 0 Å². The summed E-state index contributed by atoms with van der Waals surface area (Å²) in [5.74, 6) is 1.28. The highest BCUT2D eigenvalue weighted by molar-refractivity contribution is 14.1. The first-order valence-corrected chi connectivity index (χ1v) is 7.61. The quantitative estimate of drug-likeness (QED) is 0.465. The molecule has 0 spiro atoms. The van der Waals surface area contributed by atoms with E-state index in [2.05, 4.69) is 69.4 Å². The van der Waals surface area contributed by atoms with Crippen LogP contribution in [0.15, 0.2) is 42.5 Å². The van der Waals surface area contributed by atoms with E-state index in [1.165, 1.54) is 9.13 Å². The first kappa shape index (κ1) is 12.9. The summed E-state index contributed by atoms with van der Waals surface area (Å²) in [5, 5.41) is 0. The van der Waals surface area contributed by atoms with E-state index in [1.54, 1.807) is 0 Å². The standard InChI is InChI=1S/C15H12ClIN2/c1-10-4-2-3-5-13(10)19-14-7-6-11(17)8-12(14)18-15(19)9-16/h2-8H,9H2,1H3. The first-order valence-electron chi connectivity index (χ1n) is 5.99. The summed E-state index contributed by atoms with van der Waals surface area (Å²) in [6, 6.07) is 14.6. The summed E-state index contributed by atoms with van der Waals surface area (Å²) < 4.78 is 3.33. The third kappa shape index (κ3) is 2.25. The number of imidazole rings is 1. The van der Waals surface area contributed by atoms with Crippen LogP contribution < -0.4 is 0 Å². The molecule has 0 aliphatic rings. The Kier molecular flexibility index (Phi) is 3.50. The third-order valence-corrected chi connectivity index (χ3v) is 4.07. The van der Waals surface area contributed by atoms with Crippen molar-refractivity contribution in [1.82, 2.24) is 9.55 Å². The Hall–Kier alpha value is -1.07. The lowest BCUT2D eigenvalue weighted by atomic mass is 10.2. The molecule has 19 heavy (non-hydrogen) atoms. The van der Waals surface area contributed by atoms with E-state index in [4.69, 9.17) is 11.6 Å². The van der Waals surface area contributed by atoms with E-state index < -0.39 is 0 Å². The number of benzene rings is 2. The van der Waals surface area contributed by atoms with Gasteiger partial charge in [0.1, 0.15) is 5.82 Å². The zero-order valence-electron chi connectivity index (χ0n) is 10.4. The molecule has 0 aliphatic heterocycles. The fraction of sp³-hybridized carbons (Fsp3) is 0.133. The maximum atomic E-state index is 6.06. The highest BCUT2D eigenvalue weighted by Gasteiger charge is 2.13. The number of hydrogen-bond donors (Lipinski definition) is 0. The van der Waals surface area contributed by atoms with Gasteiger partial charge in [0.2, 0.25) is 0 Å². The lowest BCUT2D eigenvalue weighted by Gasteiger charge is -2.10. The smallest absolute Gasteiger partial charge is 0.129 e. The molecule has 0 fully saturated rings. The Balaban J connectivity index is 2.36. The van der Waals surface area contributed by atoms with E-state index in [1.807, 2.05) is 12.1 Å². The van der Waals surface area contributed by atoms with Gasteiger partial charge in [-0.25, -0.2) is 4.98 Å². The number of halogens is 2. The monoisotopic (exact) mass is 382 g/mol. The number of nitrogens with zero attached hydrogens (tertiary/aromatic N) is 2. The Morgan fingerprint density at radius 1 is 1.21 bits per heavy atom. The van der Waals surface area contributed by atoms with Crippen molar-refractivity contribution in [3.8, 4) is 5.69 Å². The van der Waals surface area contributed by atoms with Crippen molar-refractivity contribution in [1.29, 1.82) is 0 Å². The number of rotatable bonds is 2. The van der Waals surface area contributed by atoms with E-state index in [9.17, 15) is 0 Å². The molecule has 0 radical (unpaired) electrons. The molecule has 3 aromatic rings. The zero-order chi connectivity index (χ0) is 13.4. The number of hydrogen-bond acceptors (Lipinski definition) is 1. The van der Waals surface area contributed by atoms with Gasteiger partial charge in [0.25, 0.3) is 0 Å². The molecular formula is C15H12ClIN2. The third-order valence-electron chi connectivity index (χ3n) is 3.16. The van der Waals surface area contributed by atoms with Crippen LogP contribution in [0.5, 0.6) is 0 Å². The molecule has 0 unspecified atom stereocenters. The molecule has 2 aromatic carbocycles. The van der Waals surface area contributed by atoms with Gasteiger partial charge in [0.15, 0.2) is 0 Å². The highest BCUT2D eigenvalue weighted by atomic mass is 127. The lowest BCUT2D eigenvalue weighted by molar-refractivity contribution is 0.972. The van der Waals surface area contributed by atoms with Crippen molar-refractivity contribution in [3.05, 3.63) is 57.4 Å². The summed E-state index contributed by atoms with van der Waals surface area (Å²) in [7, 11) is 0. The van der Waals surface area contributed by atoms with Gasteiger partial charge < -0.3 is 0 Å². The van der Waals surface area contributed by atoms with Crippen LogP contribution in [-0.4, -0.2) is 9.55 Å². The zero-order valence-corrected chi connectivity index (χ0v) is 13.3. The molecule has 96 valence electrons. The predicted molar refractivity (Wildman–Crippen MR) is 88.1 cm³/mol. The van der Waals surface area contributed by atoms with Crippen LogP contribution in [-0.2, 0) is 5.88 Å². The van der Waals surface area contributed by atoms with Gasteiger partial charge in [-0.3, -0.25) is 4.57 Å². The van der Waals surface area contributed by atoms with Crippen molar-refractivity contribution < 1.29 is 0 Å². The molecule has 4 heteroatoms. The minimum atomic E-state index is 0.402. The van der Waals surface area contributed by atoms with Crippen LogP contribution in [0.4, 0.5) is 0 Å². The number of fused-ring (bicyclic) bond motifs is 1. The van der Waals surface area contributed by atoms with Crippen LogP contribution in [0.3, 0.4) is 0 Å². The maximum Gasteiger partial charge on any atom is 0.129 e. The summed E-state index contributed by atoms with van der Waals surface area (Å²) in [5.41, 5.74) is 4.45. The molecule has 0 N–H and O–H groups in total. The van der Waals surface area contributed by atoms with Crippen molar-refractivity contribution in [2.75, 3.05) is 0 Å². The molecule has 0 saturated heterocycles. The van der Waals surface area contributed by atoms with E-state index in [0.29, 0.717) is 5.88 Å². The molecular weight excluding hydrogens is 371 g/mol. The first-order chi connectivity index (χ1) is 9.20. The number of aromatic nitrogens is 2. The molecule has 0 atom stereocenters. The average Bonchev–Trinajstić information content (AvgIpc) is 2.76. The Morgan fingerprint density at radius 3 is 2.74 bits per heavy atom. The molecule has 0 amide bonds. The molecule has 0 saturated carbocycles. The minimum absolute atomic E-state index is 0.402. The van der Waals surface area contributed by atoms with Crippen molar-refractivity contribution in [3.63, 3.8) is 0 Å². The van der Waals surface area contributed by atoms with Crippen molar-refractivity contribution in [2.24, 2.45) is 0 Å². The fourth-order valence-corrected chi connectivity index (χ4v) is 2.93. The molecule has 0 aliphatic carbocycles. The van der Waals surface area contributed by atoms with E-state index in [-0.39, 0.29) is 0 Å². The average molecular weight is 383 g/mol. The Labute approximate surface area is 130 Å². The van der Waals surface area contributed by atoms with Crippen LogP contribution >= 0.6 is 34.2 Å². The van der Waals surface area contributed by atoms with Gasteiger partial charge in [-0.1, -0.05) is 18.2 Å². The van der Waals surface area contributed by atoms with Gasteiger partial charge in [-0.05, 0) is 59.3 Å². The molecule has 1 heterocycles. The van der Waals surface area contributed by atoms with Gasteiger partial charge >= 0.3 is 0 Å². The summed E-state index contributed by atoms with van der Waals surface area (Å²) in [6.45, 7) is 2.10. The second-order valence-electron chi connectivity index (χ2n) is 4.42. The van der Waals surface area contributed by atoms with Gasteiger partial charge in [0, 0.05) is 3.57 Å². The van der Waals surface area contributed by atoms with E-state index >= 15 is 0 Å². The van der Waals surface area contributed by atoms with Crippen LogP contribution in [0, 0.1) is 10.5 Å². The number of para-hydroxylation sites is 1. The second-order valence-corrected chi connectivity index (χ2v) is 5.93. The van der Waals surface area contributed by atoms with Gasteiger partial charge in [0.05, 0.1) is 22.6 Å². The molecule has 0 bridgehead atoms. The molecule has 2 nitrogen and oxygen atoms in total. The number of aryl methyl sites for hydroxylation is 1. The van der Waals surface area contributed by atoms with E-state index in [0.717, 1.165) is 22.5 Å². The normalized spacial score (nSPS) is 11.1. The molecule has 1 aromatic heterocycles. The molecule has 3 rings (SSSR count). The Bertz CT molecular complexity index is 749. The van der Waals surface area contributed by atoms with Crippen molar-refractivity contribution in [2.45, 2.75) is 12.8 Å². The summed E-state index contributed by atoms with van der Waals surface area (Å²) in [4.78, 5) is 4.64. The fourth-order valence-electron chi connectivity index (χ4n) is 2.28. The number of alkyl halides is 1. The Morgan fingerprint density at radius 2 is 2.00 bits per heavy atom. The van der Waals surface area contributed by atoms with Gasteiger partial charge in [-0.2, -0.15) is 0 Å². The summed E-state index contributed by atoms with van der Waals surface area (Å²) in [6.07, 6.45) is 0. The van der Waals surface area contributed by atoms with Gasteiger partial charge in [-0.15, -0.1) is 11.6 Å². The lowest BCUT2D eigenvalue weighted by Crippen LogP contribution is -2.01. The largest absolute Gasteiger partial charge is 0.295 e. The predicted octanol–water partition coefficient (Wildman–Crippen LogP) is 4.68. The topological polar surface area (TPSA) is 17.8 Å². The second kappa shape index (κ2) is 5.13. The van der Waals surface area contributed by atoms with Crippen molar-refractivity contribution >= 4 is 45.2 Å². The van der Waals surface area contributed by atoms with Crippen LogP contribution in [0.25, 0.3) is 16.7 Å². The SMILES string of the molecule is Cc1ccccc1-n1c(CCl)nc2cc(I)ccc21. The van der Waals surface area contributed by atoms with Crippen LogP contribution in [0.1, 0.15) is 11.4 Å². The maximum absolute atomic E-state index is 6.06.